The molecule has 0 saturated carbocycles. The highest BCUT2D eigenvalue weighted by Gasteiger charge is 2.03. The van der Waals surface area contributed by atoms with Crippen LogP contribution in [0.25, 0.3) is 0 Å². The van der Waals surface area contributed by atoms with Gasteiger partial charge in [0.25, 0.3) is 0 Å². The second kappa shape index (κ2) is 8.71. The van der Waals surface area contributed by atoms with Crippen LogP contribution < -0.4 is 10.5 Å². The number of hydrogen-bond acceptors (Lipinski definition) is 5. The first kappa shape index (κ1) is 13.1. The van der Waals surface area contributed by atoms with Gasteiger partial charge in [0, 0.05) is 0 Å². The number of nitrogens with two attached hydrogens (primary N) is 1. The summed E-state index contributed by atoms with van der Waals surface area (Å²) in [5, 5.41) is 0. The summed E-state index contributed by atoms with van der Waals surface area (Å²) in [6.45, 7) is -0.286. The standard InChI is InChI=1S/C9H8O4.CH5N/c10-6-7-12-9(11)13-8-4-2-1-3-5-8;1-2/h1-6H,7H2;2H2,1H3. The molecule has 0 bridgehead atoms. The van der Waals surface area contributed by atoms with Gasteiger partial charge in [-0.3, -0.25) is 4.79 Å². The summed E-state index contributed by atoms with van der Waals surface area (Å²) in [7, 11) is 1.50. The Morgan fingerprint density at radius 2 is 1.93 bits per heavy atom. The molecule has 0 unspecified atom stereocenters. The second-order valence-electron chi connectivity index (χ2n) is 2.14. The SMILES string of the molecule is CN.O=CCOC(=O)Oc1ccccc1. The predicted octanol–water partition coefficient (Wildman–Crippen LogP) is 0.976. The van der Waals surface area contributed by atoms with Gasteiger partial charge in [-0.05, 0) is 19.2 Å². The third-order valence-corrected chi connectivity index (χ3v) is 1.21. The van der Waals surface area contributed by atoms with Crippen LogP contribution in [0.5, 0.6) is 5.75 Å². The number of para-hydroxylation sites is 1. The fourth-order valence-corrected chi connectivity index (χ4v) is 0.716. The zero-order chi connectivity index (χ0) is 11.5. The molecule has 1 rings (SSSR count). The van der Waals surface area contributed by atoms with Crippen molar-refractivity contribution in [2.75, 3.05) is 13.7 Å². The molecule has 1 aromatic carbocycles. The van der Waals surface area contributed by atoms with Gasteiger partial charge in [-0.25, -0.2) is 4.79 Å². The maximum absolute atomic E-state index is 10.8. The van der Waals surface area contributed by atoms with Gasteiger partial charge in [-0.1, -0.05) is 18.2 Å². The maximum atomic E-state index is 10.8. The van der Waals surface area contributed by atoms with E-state index in [0.29, 0.717) is 12.0 Å². The quantitative estimate of drug-likeness (QED) is 0.458. The molecule has 1 aromatic rings. The maximum Gasteiger partial charge on any atom is 0.514 e. The molecule has 5 nitrogen and oxygen atoms in total. The summed E-state index contributed by atoms with van der Waals surface area (Å²) in [6, 6.07) is 8.47. The Morgan fingerprint density at radius 3 is 2.47 bits per heavy atom. The van der Waals surface area contributed by atoms with Crippen molar-refractivity contribution in [3.05, 3.63) is 30.3 Å². The van der Waals surface area contributed by atoms with E-state index in [0.717, 1.165) is 0 Å². The van der Waals surface area contributed by atoms with E-state index < -0.39 is 6.16 Å². The van der Waals surface area contributed by atoms with Crippen LogP contribution in [0.15, 0.2) is 30.3 Å². The summed E-state index contributed by atoms with van der Waals surface area (Å²) in [6.07, 6.45) is -0.398. The van der Waals surface area contributed by atoms with E-state index in [2.05, 4.69) is 10.5 Å². The Hall–Kier alpha value is -1.88. The lowest BCUT2D eigenvalue weighted by Crippen LogP contribution is -2.11. The number of hydrogen-bond donors (Lipinski definition) is 1. The topological polar surface area (TPSA) is 78.6 Å². The minimum Gasteiger partial charge on any atom is -0.426 e. The monoisotopic (exact) mass is 211 g/mol. The molecule has 0 fully saturated rings. The van der Waals surface area contributed by atoms with E-state index in [4.69, 9.17) is 4.74 Å². The molecule has 0 aromatic heterocycles. The molecule has 15 heavy (non-hydrogen) atoms. The largest absolute Gasteiger partial charge is 0.514 e. The number of ether oxygens (including phenoxy) is 2. The Balaban J connectivity index is 0.000000921. The van der Waals surface area contributed by atoms with Crippen molar-refractivity contribution in [1.29, 1.82) is 0 Å². The van der Waals surface area contributed by atoms with Crippen molar-refractivity contribution in [3.8, 4) is 5.75 Å². The van der Waals surface area contributed by atoms with E-state index in [9.17, 15) is 9.59 Å². The summed E-state index contributed by atoms with van der Waals surface area (Å²) >= 11 is 0. The summed E-state index contributed by atoms with van der Waals surface area (Å²) < 4.78 is 9.06. The highest BCUT2D eigenvalue weighted by atomic mass is 16.7. The number of carbonyl (C=O) groups excluding carboxylic acids is 2. The third kappa shape index (κ3) is 6.23. The smallest absolute Gasteiger partial charge is 0.426 e. The number of rotatable bonds is 3. The Morgan fingerprint density at radius 1 is 1.33 bits per heavy atom. The zero-order valence-electron chi connectivity index (χ0n) is 8.38. The van der Waals surface area contributed by atoms with Crippen LogP contribution in [0.1, 0.15) is 0 Å². The summed E-state index contributed by atoms with van der Waals surface area (Å²) in [5.41, 5.74) is 4.50. The first-order valence-corrected chi connectivity index (χ1v) is 4.24. The van der Waals surface area contributed by atoms with Crippen molar-refractivity contribution >= 4 is 12.4 Å². The normalized spacial score (nSPS) is 8.13. The van der Waals surface area contributed by atoms with Gasteiger partial charge in [0.05, 0.1) is 0 Å². The van der Waals surface area contributed by atoms with E-state index >= 15 is 0 Å². The van der Waals surface area contributed by atoms with Crippen LogP contribution >= 0.6 is 0 Å². The highest BCUT2D eigenvalue weighted by Crippen LogP contribution is 2.08. The summed E-state index contributed by atoms with van der Waals surface area (Å²) in [4.78, 5) is 20.6. The molecular formula is C10H13NO4. The van der Waals surface area contributed by atoms with Crippen molar-refractivity contribution in [2.45, 2.75) is 0 Å². The van der Waals surface area contributed by atoms with Crippen LogP contribution in [-0.4, -0.2) is 26.1 Å². The number of aldehydes is 1. The average Bonchev–Trinajstić information content (AvgIpc) is 2.30. The van der Waals surface area contributed by atoms with Gasteiger partial charge in [0.1, 0.15) is 5.75 Å². The molecule has 0 heterocycles. The van der Waals surface area contributed by atoms with Crippen molar-refractivity contribution in [2.24, 2.45) is 5.73 Å². The fraction of sp³-hybridized carbons (Fsp3) is 0.200. The third-order valence-electron chi connectivity index (χ3n) is 1.21. The van der Waals surface area contributed by atoms with Crippen LogP contribution in [0, 0.1) is 0 Å². The molecule has 0 aliphatic rings. The van der Waals surface area contributed by atoms with E-state index in [1.165, 1.54) is 7.05 Å². The van der Waals surface area contributed by atoms with Crippen LogP contribution in [0.3, 0.4) is 0 Å². The molecule has 82 valence electrons. The molecule has 5 heteroatoms. The molecule has 0 radical (unpaired) electrons. The van der Waals surface area contributed by atoms with Gasteiger partial charge < -0.3 is 15.2 Å². The lowest BCUT2D eigenvalue weighted by atomic mass is 10.3. The number of carbonyl (C=O) groups is 2. The first-order valence-electron chi connectivity index (χ1n) is 4.24. The van der Waals surface area contributed by atoms with Gasteiger partial charge in [0.2, 0.25) is 0 Å². The predicted molar refractivity (Wildman–Crippen MR) is 54.6 cm³/mol. The Bertz CT molecular complexity index is 287. The Kier molecular flexibility index (Phi) is 7.62. The summed E-state index contributed by atoms with van der Waals surface area (Å²) in [5.74, 6) is 0.387. The molecule has 0 atom stereocenters. The van der Waals surface area contributed by atoms with Gasteiger partial charge in [-0.2, -0.15) is 0 Å². The average molecular weight is 211 g/mol. The van der Waals surface area contributed by atoms with Crippen LogP contribution in [0.2, 0.25) is 0 Å². The van der Waals surface area contributed by atoms with Gasteiger partial charge >= 0.3 is 6.16 Å². The lowest BCUT2D eigenvalue weighted by molar-refractivity contribution is -0.110. The van der Waals surface area contributed by atoms with Crippen LogP contribution in [0.4, 0.5) is 4.79 Å². The molecular weight excluding hydrogens is 198 g/mol. The van der Waals surface area contributed by atoms with Crippen molar-refractivity contribution < 1.29 is 19.1 Å². The molecule has 2 N–H and O–H groups in total. The van der Waals surface area contributed by atoms with Crippen LogP contribution in [-0.2, 0) is 9.53 Å². The number of benzene rings is 1. The highest BCUT2D eigenvalue weighted by molar-refractivity contribution is 5.66. The minimum absolute atomic E-state index is 0.286. The minimum atomic E-state index is -0.877. The molecule has 0 amide bonds. The molecule has 0 spiro atoms. The molecule has 0 aliphatic heterocycles. The fourth-order valence-electron chi connectivity index (χ4n) is 0.716. The zero-order valence-corrected chi connectivity index (χ0v) is 8.38. The van der Waals surface area contributed by atoms with E-state index in [1.54, 1.807) is 30.3 Å². The van der Waals surface area contributed by atoms with E-state index in [1.807, 2.05) is 0 Å². The lowest BCUT2D eigenvalue weighted by Gasteiger charge is -2.01. The van der Waals surface area contributed by atoms with Gasteiger partial charge in [0.15, 0.2) is 12.9 Å². The van der Waals surface area contributed by atoms with Gasteiger partial charge in [-0.15, -0.1) is 0 Å². The molecule has 0 saturated heterocycles. The molecule has 0 aliphatic carbocycles. The Labute approximate surface area is 87.8 Å². The first-order chi connectivity index (χ1) is 7.33. The van der Waals surface area contributed by atoms with Crippen molar-refractivity contribution in [1.82, 2.24) is 0 Å². The van der Waals surface area contributed by atoms with E-state index in [-0.39, 0.29) is 6.61 Å². The van der Waals surface area contributed by atoms with Crippen molar-refractivity contribution in [3.63, 3.8) is 0 Å². The second-order valence-corrected chi connectivity index (χ2v) is 2.14.